The predicted octanol–water partition coefficient (Wildman–Crippen LogP) is 0.949. The fraction of sp³-hybridized carbons (Fsp3) is 0.636. The maximum atomic E-state index is 13.5. The topological polar surface area (TPSA) is 92.1 Å². The molecular formula is C22H33N7O3. The summed E-state index contributed by atoms with van der Waals surface area (Å²) in [6.45, 7) is 10.8. The number of hydrogen-bond donors (Lipinski definition) is 0. The van der Waals surface area contributed by atoms with Crippen LogP contribution in [-0.4, -0.2) is 66.2 Å². The van der Waals surface area contributed by atoms with E-state index in [0.29, 0.717) is 50.0 Å². The fourth-order valence-corrected chi connectivity index (χ4v) is 4.29. The lowest BCUT2D eigenvalue weighted by molar-refractivity contribution is 0.0361. The van der Waals surface area contributed by atoms with Gasteiger partial charge in [-0.2, -0.15) is 10.1 Å². The number of nitrogens with zero attached hydrogens (tertiary/aromatic N) is 7. The van der Waals surface area contributed by atoms with Gasteiger partial charge < -0.3 is 9.30 Å². The molecule has 4 heterocycles. The Labute approximate surface area is 187 Å². The third-order valence-corrected chi connectivity index (χ3v) is 6.15. The van der Waals surface area contributed by atoms with Crippen LogP contribution >= 0.6 is 0 Å². The summed E-state index contributed by atoms with van der Waals surface area (Å²) >= 11 is 0. The summed E-state index contributed by atoms with van der Waals surface area (Å²) < 4.78 is 12.0. The van der Waals surface area contributed by atoms with Crippen molar-refractivity contribution in [1.82, 2.24) is 33.4 Å². The Morgan fingerprint density at radius 1 is 1.00 bits per heavy atom. The summed E-state index contributed by atoms with van der Waals surface area (Å²) in [4.78, 5) is 33.6. The van der Waals surface area contributed by atoms with E-state index in [1.165, 1.54) is 9.13 Å². The monoisotopic (exact) mass is 443 g/mol. The van der Waals surface area contributed by atoms with Gasteiger partial charge in [-0.1, -0.05) is 20.8 Å². The molecule has 1 aliphatic rings. The molecule has 10 nitrogen and oxygen atoms in total. The molecule has 0 aliphatic carbocycles. The van der Waals surface area contributed by atoms with E-state index in [1.807, 2.05) is 9.25 Å². The van der Waals surface area contributed by atoms with Crippen LogP contribution in [0.3, 0.4) is 0 Å². The van der Waals surface area contributed by atoms with Crippen LogP contribution < -0.4 is 11.2 Å². The predicted molar refractivity (Wildman–Crippen MR) is 123 cm³/mol. The van der Waals surface area contributed by atoms with Crippen LogP contribution in [0.5, 0.6) is 0 Å². The molecule has 32 heavy (non-hydrogen) atoms. The molecule has 1 saturated heterocycles. The van der Waals surface area contributed by atoms with Gasteiger partial charge in [0, 0.05) is 45.5 Å². The molecular weight excluding hydrogens is 410 g/mol. The molecule has 1 fully saturated rings. The molecule has 0 N–H and O–H groups in total. The Morgan fingerprint density at radius 3 is 2.41 bits per heavy atom. The van der Waals surface area contributed by atoms with E-state index in [4.69, 9.17) is 14.8 Å². The molecule has 3 aromatic heterocycles. The molecule has 0 amide bonds. The van der Waals surface area contributed by atoms with E-state index in [2.05, 4.69) is 31.7 Å². The zero-order valence-corrected chi connectivity index (χ0v) is 19.5. The normalized spacial score (nSPS) is 15.1. The van der Waals surface area contributed by atoms with Crippen molar-refractivity contribution in [3.8, 4) is 5.95 Å². The Balaban J connectivity index is 1.86. The number of morpholine rings is 1. The van der Waals surface area contributed by atoms with Gasteiger partial charge in [-0.05, 0) is 25.3 Å². The van der Waals surface area contributed by atoms with Gasteiger partial charge in [0.2, 0.25) is 5.95 Å². The van der Waals surface area contributed by atoms with Gasteiger partial charge >= 0.3 is 5.69 Å². The molecule has 1 aliphatic heterocycles. The average Bonchev–Trinajstić information content (AvgIpc) is 3.40. The highest BCUT2D eigenvalue weighted by Crippen LogP contribution is 2.19. The Kier molecular flexibility index (Phi) is 6.61. The largest absolute Gasteiger partial charge is 0.379 e. The highest BCUT2D eigenvalue weighted by atomic mass is 16.5. The van der Waals surface area contributed by atoms with Crippen LogP contribution in [0.1, 0.15) is 38.6 Å². The van der Waals surface area contributed by atoms with Gasteiger partial charge in [-0.25, -0.2) is 9.48 Å². The summed E-state index contributed by atoms with van der Waals surface area (Å²) in [5, 5.41) is 4.73. The zero-order chi connectivity index (χ0) is 22.8. The number of hydrogen-bond acceptors (Lipinski definition) is 6. The smallest absolute Gasteiger partial charge is 0.332 e. The second kappa shape index (κ2) is 9.41. The minimum absolute atomic E-state index is 0.288. The van der Waals surface area contributed by atoms with E-state index < -0.39 is 0 Å². The Hall–Kier alpha value is -2.72. The third-order valence-electron chi connectivity index (χ3n) is 6.15. The van der Waals surface area contributed by atoms with Crippen molar-refractivity contribution in [3.05, 3.63) is 38.3 Å². The molecule has 0 saturated carbocycles. The molecule has 0 unspecified atom stereocenters. The van der Waals surface area contributed by atoms with Crippen molar-refractivity contribution < 1.29 is 4.74 Å². The van der Waals surface area contributed by atoms with E-state index in [9.17, 15) is 9.59 Å². The van der Waals surface area contributed by atoms with Crippen LogP contribution in [0.15, 0.2) is 15.7 Å². The Morgan fingerprint density at radius 2 is 1.75 bits per heavy atom. The molecule has 174 valence electrons. The van der Waals surface area contributed by atoms with Crippen LogP contribution in [0.4, 0.5) is 0 Å². The maximum Gasteiger partial charge on any atom is 0.332 e. The SMILES string of the molecule is CCCn1c(-n2nc(CC)cc2CC)nc2c1c(=O)n(CCN1CCOCC1)c(=O)n2C. The molecule has 10 heteroatoms. The van der Waals surface area contributed by atoms with E-state index in [-0.39, 0.29) is 11.2 Å². The van der Waals surface area contributed by atoms with Crippen LogP contribution in [0, 0.1) is 0 Å². The zero-order valence-electron chi connectivity index (χ0n) is 19.5. The van der Waals surface area contributed by atoms with Gasteiger partial charge in [-0.3, -0.25) is 18.8 Å². The molecule has 3 aromatic rings. The van der Waals surface area contributed by atoms with Crippen molar-refractivity contribution in [3.63, 3.8) is 0 Å². The lowest BCUT2D eigenvalue weighted by Crippen LogP contribution is -2.44. The van der Waals surface area contributed by atoms with E-state index >= 15 is 0 Å². The van der Waals surface area contributed by atoms with Gasteiger partial charge in [0.05, 0.1) is 18.9 Å². The second-order valence-corrected chi connectivity index (χ2v) is 8.23. The third kappa shape index (κ3) is 3.93. The molecule has 0 aromatic carbocycles. The lowest BCUT2D eigenvalue weighted by atomic mass is 10.3. The van der Waals surface area contributed by atoms with Crippen molar-refractivity contribution >= 4 is 11.2 Å². The number of imidazole rings is 1. The van der Waals surface area contributed by atoms with Gasteiger partial charge in [0.15, 0.2) is 11.2 Å². The highest BCUT2D eigenvalue weighted by molar-refractivity contribution is 5.72. The van der Waals surface area contributed by atoms with Crippen molar-refractivity contribution in [2.45, 2.75) is 53.1 Å². The summed E-state index contributed by atoms with van der Waals surface area (Å²) in [7, 11) is 1.68. The Bertz CT molecular complexity index is 1210. The van der Waals surface area contributed by atoms with Gasteiger partial charge in [-0.15, -0.1) is 0 Å². The summed E-state index contributed by atoms with van der Waals surface area (Å²) in [6, 6.07) is 2.08. The first-order chi connectivity index (χ1) is 15.5. The molecule has 0 bridgehead atoms. The van der Waals surface area contributed by atoms with Crippen LogP contribution in [-0.2, 0) is 37.7 Å². The number of rotatable bonds is 8. The highest BCUT2D eigenvalue weighted by Gasteiger charge is 2.23. The van der Waals surface area contributed by atoms with Crippen molar-refractivity contribution in [2.24, 2.45) is 7.05 Å². The number of ether oxygens (including phenoxy) is 1. The first-order valence-corrected chi connectivity index (χ1v) is 11.6. The minimum Gasteiger partial charge on any atom is -0.379 e. The first kappa shape index (κ1) is 22.5. The van der Waals surface area contributed by atoms with Gasteiger partial charge in [0.1, 0.15) is 0 Å². The van der Waals surface area contributed by atoms with Crippen molar-refractivity contribution in [2.75, 3.05) is 32.8 Å². The standard InChI is InChI=1S/C22H33N7O3/c1-5-8-27-18-19(23-21(27)29-17(7-3)15-16(6-2)24-29)25(4)22(31)28(20(18)30)10-9-26-11-13-32-14-12-26/h15H,5-14H2,1-4H3. The fourth-order valence-electron chi connectivity index (χ4n) is 4.29. The number of fused-ring (bicyclic) bond motifs is 1. The quantitative estimate of drug-likeness (QED) is 0.515. The average molecular weight is 444 g/mol. The maximum absolute atomic E-state index is 13.5. The number of aromatic nitrogens is 6. The number of aryl methyl sites for hydroxylation is 4. The van der Waals surface area contributed by atoms with Gasteiger partial charge in [0.25, 0.3) is 5.56 Å². The van der Waals surface area contributed by atoms with Crippen LogP contribution in [0.25, 0.3) is 17.1 Å². The summed E-state index contributed by atoms with van der Waals surface area (Å²) in [5.74, 6) is 0.594. The van der Waals surface area contributed by atoms with E-state index in [0.717, 1.165) is 43.7 Å². The molecule has 4 rings (SSSR count). The summed E-state index contributed by atoms with van der Waals surface area (Å²) in [5.41, 5.74) is 2.25. The first-order valence-electron chi connectivity index (χ1n) is 11.6. The molecule has 0 radical (unpaired) electrons. The second-order valence-electron chi connectivity index (χ2n) is 8.23. The van der Waals surface area contributed by atoms with Crippen molar-refractivity contribution in [1.29, 1.82) is 0 Å². The van der Waals surface area contributed by atoms with E-state index in [1.54, 1.807) is 7.05 Å². The minimum atomic E-state index is -0.339. The lowest BCUT2D eigenvalue weighted by Gasteiger charge is -2.26. The molecule has 0 atom stereocenters. The van der Waals surface area contributed by atoms with Crippen LogP contribution in [0.2, 0.25) is 0 Å². The summed E-state index contributed by atoms with van der Waals surface area (Å²) in [6.07, 6.45) is 2.45. The molecule has 0 spiro atoms.